The van der Waals surface area contributed by atoms with Gasteiger partial charge in [0.05, 0.1) is 6.10 Å². The molecule has 1 aliphatic heterocycles. The number of hydrogen-bond acceptors (Lipinski definition) is 1. The number of alkyl halides is 1. The van der Waals surface area contributed by atoms with Gasteiger partial charge in [-0.2, -0.15) is 0 Å². The van der Waals surface area contributed by atoms with E-state index in [1.54, 1.807) is 0 Å². The molecular weight excluding hydrogens is 216 g/mol. The molecule has 0 bridgehead atoms. The summed E-state index contributed by atoms with van der Waals surface area (Å²) in [6.45, 7) is 5.55. The fourth-order valence-electron chi connectivity index (χ4n) is 2.01. The van der Waals surface area contributed by atoms with Crippen molar-refractivity contribution in [2.45, 2.75) is 45.6 Å². The molecule has 0 radical (unpaired) electrons. The monoisotopic (exact) mass is 234 g/mol. The lowest BCUT2D eigenvalue weighted by Crippen LogP contribution is -2.33. The van der Waals surface area contributed by atoms with Crippen LogP contribution >= 0.6 is 15.9 Å². The standard InChI is InChI=1S/C10H19BrO/c1-3-6-10(2,8-11)9-5-4-7-12-9/h9H,3-8H2,1-2H3. The van der Waals surface area contributed by atoms with Crippen LogP contribution in [0.25, 0.3) is 0 Å². The first kappa shape index (κ1) is 10.5. The smallest absolute Gasteiger partial charge is 0.0637 e. The summed E-state index contributed by atoms with van der Waals surface area (Å²) >= 11 is 3.60. The Balaban J connectivity index is 2.51. The van der Waals surface area contributed by atoms with Gasteiger partial charge in [-0.1, -0.05) is 36.2 Å². The summed E-state index contributed by atoms with van der Waals surface area (Å²) in [5, 5.41) is 1.07. The molecule has 0 N–H and O–H groups in total. The van der Waals surface area contributed by atoms with Gasteiger partial charge >= 0.3 is 0 Å². The van der Waals surface area contributed by atoms with Crippen LogP contribution in [0.15, 0.2) is 0 Å². The van der Waals surface area contributed by atoms with Crippen LogP contribution in [0.2, 0.25) is 0 Å². The molecule has 1 fully saturated rings. The number of ether oxygens (including phenoxy) is 1. The molecule has 72 valence electrons. The topological polar surface area (TPSA) is 9.23 Å². The second-order valence-corrected chi connectivity index (χ2v) is 4.60. The first-order chi connectivity index (χ1) is 5.73. The Morgan fingerprint density at radius 2 is 2.33 bits per heavy atom. The second-order valence-electron chi connectivity index (χ2n) is 4.04. The third kappa shape index (κ3) is 2.23. The van der Waals surface area contributed by atoms with Gasteiger partial charge in [0.15, 0.2) is 0 Å². The van der Waals surface area contributed by atoms with Crippen LogP contribution in [0.5, 0.6) is 0 Å². The molecule has 1 rings (SSSR count). The molecule has 0 saturated carbocycles. The molecular formula is C10H19BrO. The normalized spacial score (nSPS) is 28.8. The van der Waals surface area contributed by atoms with Crippen molar-refractivity contribution in [2.24, 2.45) is 5.41 Å². The van der Waals surface area contributed by atoms with Crippen molar-refractivity contribution >= 4 is 15.9 Å². The molecule has 0 aromatic heterocycles. The predicted molar refractivity (Wildman–Crippen MR) is 55.8 cm³/mol. The quantitative estimate of drug-likeness (QED) is 0.679. The molecule has 2 heteroatoms. The molecule has 0 amide bonds. The van der Waals surface area contributed by atoms with Gasteiger partial charge in [0, 0.05) is 17.4 Å². The van der Waals surface area contributed by atoms with Gasteiger partial charge in [0.2, 0.25) is 0 Å². The maximum absolute atomic E-state index is 5.73. The van der Waals surface area contributed by atoms with Crippen LogP contribution in [0.4, 0.5) is 0 Å². The molecule has 1 saturated heterocycles. The number of rotatable bonds is 4. The Kier molecular flexibility index (Phi) is 4.04. The van der Waals surface area contributed by atoms with Crippen molar-refractivity contribution in [1.82, 2.24) is 0 Å². The van der Waals surface area contributed by atoms with Crippen LogP contribution < -0.4 is 0 Å². The molecule has 1 aliphatic rings. The van der Waals surface area contributed by atoms with Crippen LogP contribution in [0.1, 0.15) is 39.5 Å². The molecule has 1 nitrogen and oxygen atoms in total. The summed E-state index contributed by atoms with van der Waals surface area (Å²) < 4.78 is 5.73. The largest absolute Gasteiger partial charge is 0.378 e. The molecule has 0 spiro atoms. The minimum Gasteiger partial charge on any atom is -0.378 e. The Labute approximate surface area is 84.0 Å². The summed E-state index contributed by atoms with van der Waals surface area (Å²) in [7, 11) is 0. The van der Waals surface area contributed by atoms with Gasteiger partial charge in [0.1, 0.15) is 0 Å². The Morgan fingerprint density at radius 3 is 2.75 bits per heavy atom. The Morgan fingerprint density at radius 1 is 1.58 bits per heavy atom. The third-order valence-electron chi connectivity index (χ3n) is 2.83. The summed E-state index contributed by atoms with van der Waals surface area (Å²) in [6.07, 6.45) is 5.51. The highest BCUT2D eigenvalue weighted by Gasteiger charge is 2.35. The zero-order chi connectivity index (χ0) is 9.03. The zero-order valence-electron chi connectivity index (χ0n) is 8.11. The highest BCUT2D eigenvalue weighted by atomic mass is 79.9. The number of halogens is 1. The Bertz CT molecular complexity index is 132. The van der Waals surface area contributed by atoms with E-state index in [1.165, 1.54) is 25.7 Å². The predicted octanol–water partition coefficient (Wildman–Crippen LogP) is 3.37. The maximum Gasteiger partial charge on any atom is 0.0637 e. The van der Waals surface area contributed by atoms with Crippen LogP contribution in [0.3, 0.4) is 0 Å². The summed E-state index contributed by atoms with van der Waals surface area (Å²) in [4.78, 5) is 0. The van der Waals surface area contributed by atoms with Gasteiger partial charge < -0.3 is 4.74 Å². The summed E-state index contributed by atoms with van der Waals surface area (Å²) in [6, 6.07) is 0. The first-order valence-corrected chi connectivity index (χ1v) is 6.02. The van der Waals surface area contributed by atoms with E-state index in [0.29, 0.717) is 11.5 Å². The van der Waals surface area contributed by atoms with E-state index in [-0.39, 0.29) is 0 Å². The van der Waals surface area contributed by atoms with Crippen molar-refractivity contribution in [1.29, 1.82) is 0 Å². The molecule has 12 heavy (non-hydrogen) atoms. The summed E-state index contributed by atoms with van der Waals surface area (Å²) in [5.41, 5.74) is 0.366. The fraction of sp³-hybridized carbons (Fsp3) is 1.00. The molecule has 2 atom stereocenters. The molecule has 1 heterocycles. The second kappa shape index (κ2) is 4.61. The van der Waals surface area contributed by atoms with Crippen molar-refractivity contribution < 1.29 is 4.74 Å². The minimum atomic E-state index is 0.366. The fourth-order valence-corrected chi connectivity index (χ4v) is 2.65. The SMILES string of the molecule is CCCC(C)(CBr)C1CCCO1. The molecule has 0 aromatic rings. The third-order valence-corrected chi connectivity index (χ3v) is 4.11. The van der Waals surface area contributed by atoms with Crippen molar-refractivity contribution in [2.75, 3.05) is 11.9 Å². The van der Waals surface area contributed by atoms with Gasteiger partial charge in [-0.3, -0.25) is 0 Å². The van der Waals surface area contributed by atoms with Crippen molar-refractivity contribution in [3.8, 4) is 0 Å². The van der Waals surface area contributed by atoms with Gasteiger partial charge in [-0.15, -0.1) is 0 Å². The molecule has 0 aromatic carbocycles. The highest BCUT2D eigenvalue weighted by molar-refractivity contribution is 9.09. The van der Waals surface area contributed by atoms with E-state index in [4.69, 9.17) is 4.74 Å². The van der Waals surface area contributed by atoms with Crippen LogP contribution in [0, 0.1) is 5.41 Å². The van der Waals surface area contributed by atoms with E-state index in [1.807, 2.05) is 0 Å². The molecule has 0 aliphatic carbocycles. The Hall–Kier alpha value is 0.440. The van der Waals surface area contributed by atoms with E-state index < -0.39 is 0 Å². The van der Waals surface area contributed by atoms with E-state index >= 15 is 0 Å². The molecule has 2 unspecified atom stereocenters. The highest BCUT2D eigenvalue weighted by Crippen LogP contribution is 2.36. The lowest BCUT2D eigenvalue weighted by atomic mass is 9.81. The number of hydrogen-bond donors (Lipinski definition) is 0. The van der Waals surface area contributed by atoms with E-state index in [9.17, 15) is 0 Å². The van der Waals surface area contributed by atoms with Gasteiger partial charge in [-0.25, -0.2) is 0 Å². The van der Waals surface area contributed by atoms with Crippen molar-refractivity contribution in [3.63, 3.8) is 0 Å². The average molecular weight is 235 g/mol. The van der Waals surface area contributed by atoms with Crippen molar-refractivity contribution in [3.05, 3.63) is 0 Å². The van der Waals surface area contributed by atoms with Gasteiger partial charge in [0.25, 0.3) is 0 Å². The van der Waals surface area contributed by atoms with E-state index in [2.05, 4.69) is 29.8 Å². The van der Waals surface area contributed by atoms with Gasteiger partial charge in [-0.05, 0) is 19.3 Å². The van der Waals surface area contributed by atoms with E-state index in [0.717, 1.165) is 11.9 Å². The maximum atomic E-state index is 5.73. The lowest BCUT2D eigenvalue weighted by molar-refractivity contribution is 0.0174. The van der Waals surface area contributed by atoms with Crippen LogP contribution in [-0.2, 0) is 4.74 Å². The lowest BCUT2D eigenvalue weighted by Gasteiger charge is -2.32. The summed E-state index contributed by atoms with van der Waals surface area (Å²) in [5.74, 6) is 0. The minimum absolute atomic E-state index is 0.366. The zero-order valence-corrected chi connectivity index (χ0v) is 9.69. The van der Waals surface area contributed by atoms with Crippen LogP contribution in [-0.4, -0.2) is 18.0 Å². The first-order valence-electron chi connectivity index (χ1n) is 4.90. The average Bonchev–Trinajstić information content (AvgIpc) is 2.57.